The van der Waals surface area contributed by atoms with Crippen molar-refractivity contribution in [2.24, 2.45) is 5.92 Å². The molecule has 0 amide bonds. The summed E-state index contributed by atoms with van der Waals surface area (Å²) < 4.78 is 7.85. The highest BCUT2D eigenvalue weighted by molar-refractivity contribution is 5.65. The zero-order valence-electron chi connectivity index (χ0n) is 16.0. The van der Waals surface area contributed by atoms with Gasteiger partial charge in [-0.15, -0.1) is 0 Å². The Kier molecular flexibility index (Phi) is 5.34. The molecule has 1 aliphatic heterocycles. The van der Waals surface area contributed by atoms with E-state index in [0.717, 1.165) is 49.4 Å². The fourth-order valence-corrected chi connectivity index (χ4v) is 3.98. The van der Waals surface area contributed by atoms with E-state index in [1.165, 1.54) is 0 Å². The maximum atomic E-state index is 6.07. The maximum absolute atomic E-state index is 6.07. The van der Waals surface area contributed by atoms with Crippen molar-refractivity contribution >= 4 is 11.6 Å². The molecule has 2 atom stereocenters. The summed E-state index contributed by atoms with van der Waals surface area (Å²) in [5.41, 5.74) is 1.98. The van der Waals surface area contributed by atoms with Crippen molar-refractivity contribution in [3.63, 3.8) is 0 Å². The van der Waals surface area contributed by atoms with Crippen molar-refractivity contribution in [1.82, 2.24) is 19.6 Å². The molecular weight excluding hydrogens is 338 g/mol. The van der Waals surface area contributed by atoms with Crippen LogP contribution >= 0.6 is 0 Å². The molecule has 6 nitrogen and oxygen atoms in total. The summed E-state index contributed by atoms with van der Waals surface area (Å²) in [4.78, 5) is 8.96. The Morgan fingerprint density at radius 3 is 2.81 bits per heavy atom. The molecule has 0 spiro atoms. The fraction of sp³-hybridized carbons (Fsp3) is 0.476. The van der Waals surface area contributed by atoms with Crippen LogP contribution in [0.4, 0.5) is 5.82 Å². The van der Waals surface area contributed by atoms with E-state index in [2.05, 4.69) is 52.4 Å². The molecule has 4 rings (SSSR count). The third kappa shape index (κ3) is 3.81. The molecular formula is C21H27N5O. The number of nitrogens with zero attached hydrogens (tertiary/aromatic N) is 4. The Morgan fingerprint density at radius 1 is 1.22 bits per heavy atom. The van der Waals surface area contributed by atoms with Crippen molar-refractivity contribution in [1.29, 1.82) is 0 Å². The van der Waals surface area contributed by atoms with E-state index in [9.17, 15) is 0 Å². The standard InChI is InChI=1S/C21H27N5O/c1-3-15(4-2)19-12-17(10-11-27-19)24-20-13-18(16-8-6-5-7-9-16)25-21-22-14-23-26(20)21/h5-9,13-15,17,19,24H,3-4,10-12H2,1-2H3. The number of benzene rings is 1. The van der Waals surface area contributed by atoms with E-state index in [4.69, 9.17) is 4.74 Å². The van der Waals surface area contributed by atoms with Gasteiger partial charge in [-0.2, -0.15) is 14.6 Å². The van der Waals surface area contributed by atoms with E-state index in [-0.39, 0.29) is 0 Å². The Labute approximate surface area is 160 Å². The number of hydrogen-bond donors (Lipinski definition) is 1. The molecule has 1 saturated heterocycles. The van der Waals surface area contributed by atoms with Gasteiger partial charge in [0, 0.05) is 24.3 Å². The highest BCUT2D eigenvalue weighted by Gasteiger charge is 2.28. The second-order valence-electron chi connectivity index (χ2n) is 7.22. The molecule has 3 aromatic rings. The van der Waals surface area contributed by atoms with Crippen LogP contribution in [-0.2, 0) is 4.74 Å². The summed E-state index contributed by atoms with van der Waals surface area (Å²) in [7, 11) is 0. The largest absolute Gasteiger partial charge is 0.378 e. The Balaban J connectivity index is 1.60. The lowest BCUT2D eigenvalue weighted by Gasteiger charge is -2.34. The van der Waals surface area contributed by atoms with Crippen molar-refractivity contribution in [2.45, 2.75) is 51.7 Å². The van der Waals surface area contributed by atoms with Crippen LogP contribution in [0.1, 0.15) is 39.5 Å². The van der Waals surface area contributed by atoms with E-state index in [0.29, 0.717) is 23.8 Å². The first-order chi connectivity index (χ1) is 13.3. The van der Waals surface area contributed by atoms with Gasteiger partial charge in [0.2, 0.25) is 0 Å². The first kappa shape index (κ1) is 17.9. The van der Waals surface area contributed by atoms with Crippen LogP contribution in [0.5, 0.6) is 0 Å². The van der Waals surface area contributed by atoms with E-state index >= 15 is 0 Å². The molecule has 2 aromatic heterocycles. The van der Waals surface area contributed by atoms with E-state index in [1.54, 1.807) is 10.8 Å². The molecule has 0 radical (unpaired) electrons. The maximum Gasteiger partial charge on any atom is 0.254 e. The third-order valence-electron chi connectivity index (χ3n) is 5.56. The van der Waals surface area contributed by atoms with Gasteiger partial charge in [0.1, 0.15) is 12.1 Å². The highest BCUT2D eigenvalue weighted by atomic mass is 16.5. The van der Waals surface area contributed by atoms with Crippen LogP contribution in [0.3, 0.4) is 0 Å². The molecule has 142 valence electrons. The summed E-state index contributed by atoms with van der Waals surface area (Å²) in [5, 5.41) is 8.05. The monoisotopic (exact) mass is 365 g/mol. The normalized spacial score (nSPS) is 20.3. The summed E-state index contributed by atoms with van der Waals surface area (Å²) in [6.45, 7) is 5.31. The summed E-state index contributed by atoms with van der Waals surface area (Å²) in [5.74, 6) is 2.17. The number of fused-ring (bicyclic) bond motifs is 1. The lowest BCUT2D eigenvalue weighted by molar-refractivity contribution is -0.0271. The second-order valence-corrected chi connectivity index (χ2v) is 7.22. The topological polar surface area (TPSA) is 64.3 Å². The van der Waals surface area contributed by atoms with Gasteiger partial charge in [-0.3, -0.25) is 0 Å². The minimum Gasteiger partial charge on any atom is -0.378 e. The van der Waals surface area contributed by atoms with Crippen LogP contribution in [0.25, 0.3) is 17.0 Å². The lowest BCUT2D eigenvalue weighted by Crippen LogP contribution is -2.38. The van der Waals surface area contributed by atoms with Crippen molar-refractivity contribution < 1.29 is 4.74 Å². The molecule has 1 aromatic carbocycles. The van der Waals surface area contributed by atoms with Gasteiger partial charge in [-0.05, 0) is 18.8 Å². The molecule has 0 aliphatic carbocycles. The van der Waals surface area contributed by atoms with Gasteiger partial charge in [0.25, 0.3) is 5.78 Å². The molecule has 1 N–H and O–H groups in total. The average molecular weight is 365 g/mol. The smallest absolute Gasteiger partial charge is 0.254 e. The molecule has 1 aliphatic rings. The predicted molar refractivity (Wildman–Crippen MR) is 107 cm³/mol. The summed E-state index contributed by atoms with van der Waals surface area (Å²) in [6, 6.07) is 12.6. The first-order valence-electron chi connectivity index (χ1n) is 9.92. The number of nitrogens with one attached hydrogen (secondary N) is 1. The molecule has 1 fully saturated rings. The van der Waals surface area contributed by atoms with Gasteiger partial charge < -0.3 is 10.1 Å². The van der Waals surface area contributed by atoms with Gasteiger partial charge >= 0.3 is 0 Å². The first-order valence-corrected chi connectivity index (χ1v) is 9.92. The lowest BCUT2D eigenvalue weighted by atomic mass is 9.89. The van der Waals surface area contributed by atoms with Crippen LogP contribution < -0.4 is 5.32 Å². The SMILES string of the molecule is CCC(CC)C1CC(Nc2cc(-c3ccccc3)nc3ncnn23)CCO1. The minimum absolute atomic E-state index is 0.327. The number of ether oxygens (including phenoxy) is 1. The Hall–Kier alpha value is -2.47. The average Bonchev–Trinajstić information content (AvgIpc) is 3.19. The van der Waals surface area contributed by atoms with Crippen molar-refractivity contribution in [3.8, 4) is 11.3 Å². The minimum atomic E-state index is 0.327. The second kappa shape index (κ2) is 8.05. The van der Waals surface area contributed by atoms with Crippen LogP contribution in [0, 0.1) is 5.92 Å². The number of hydrogen-bond acceptors (Lipinski definition) is 5. The third-order valence-corrected chi connectivity index (χ3v) is 5.56. The van der Waals surface area contributed by atoms with Gasteiger partial charge in [0.05, 0.1) is 11.8 Å². The predicted octanol–water partition coefficient (Wildman–Crippen LogP) is 4.19. The van der Waals surface area contributed by atoms with Gasteiger partial charge in [0.15, 0.2) is 0 Å². The molecule has 2 unspecified atom stereocenters. The number of rotatable bonds is 6. The van der Waals surface area contributed by atoms with Crippen molar-refractivity contribution in [2.75, 3.05) is 11.9 Å². The van der Waals surface area contributed by atoms with Crippen molar-refractivity contribution in [3.05, 3.63) is 42.7 Å². The molecule has 3 heterocycles. The zero-order valence-corrected chi connectivity index (χ0v) is 16.0. The Bertz CT molecular complexity index is 875. The van der Waals surface area contributed by atoms with Crippen LogP contribution in [0.15, 0.2) is 42.7 Å². The quantitative estimate of drug-likeness (QED) is 0.710. The highest BCUT2D eigenvalue weighted by Crippen LogP contribution is 2.28. The van der Waals surface area contributed by atoms with E-state index in [1.807, 2.05) is 18.2 Å². The van der Waals surface area contributed by atoms with Gasteiger partial charge in [-0.1, -0.05) is 57.0 Å². The van der Waals surface area contributed by atoms with Crippen LogP contribution in [0.2, 0.25) is 0 Å². The number of anilines is 1. The molecule has 0 saturated carbocycles. The Morgan fingerprint density at radius 2 is 2.04 bits per heavy atom. The molecule has 27 heavy (non-hydrogen) atoms. The number of aromatic nitrogens is 4. The zero-order chi connectivity index (χ0) is 18.6. The summed E-state index contributed by atoms with van der Waals surface area (Å²) in [6.07, 6.45) is 6.22. The molecule has 0 bridgehead atoms. The van der Waals surface area contributed by atoms with Gasteiger partial charge in [-0.25, -0.2) is 4.98 Å². The van der Waals surface area contributed by atoms with Crippen LogP contribution in [-0.4, -0.2) is 38.3 Å². The van der Waals surface area contributed by atoms with E-state index < -0.39 is 0 Å². The molecule has 6 heteroatoms. The fourth-order valence-electron chi connectivity index (χ4n) is 3.98. The summed E-state index contributed by atoms with van der Waals surface area (Å²) >= 11 is 0.